The Morgan fingerprint density at radius 2 is 1.50 bits per heavy atom. The Balaban J connectivity index is 1.71. The lowest BCUT2D eigenvalue weighted by atomic mass is 10.1. The van der Waals surface area contributed by atoms with Crippen molar-refractivity contribution in [2.24, 2.45) is 0 Å². The maximum absolute atomic E-state index is 13.5. The number of rotatable bonds is 5. The van der Waals surface area contributed by atoms with E-state index in [1.54, 1.807) is 44.2 Å². The highest BCUT2D eigenvalue weighted by Gasteiger charge is 2.43. The predicted octanol–water partition coefficient (Wildman–Crippen LogP) is 3.76. The lowest BCUT2D eigenvalue weighted by Crippen LogP contribution is -2.54. The number of hydrogen-bond donors (Lipinski definition) is 1. The van der Waals surface area contributed by atoms with Gasteiger partial charge in [0.15, 0.2) is 0 Å². The SMILES string of the molecule is Cc1cccc(C)c1N1C(=O)N(CC(=O)NCc2ccccc2)c2ccccc2S1(=O)=O. The Hall–Kier alpha value is -3.65. The fourth-order valence-corrected chi connectivity index (χ4v) is 5.53. The smallest absolute Gasteiger partial charge is 0.343 e. The molecule has 0 radical (unpaired) electrons. The molecule has 1 heterocycles. The number of carbonyl (C=O) groups excluding carboxylic acids is 2. The minimum Gasteiger partial charge on any atom is -0.350 e. The molecule has 4 rings (SSSR count). The van der Waals surface area contributed by atoms with E-state index in [0.29, 0.717) is 23.4 Å². The molecule has 7 nitrogen and oxygen atoms in total. The van der Waals surface area contributed by atoms with Crippen LogP contribution in [-0.4, -0.2) is 26.9 Å². The third kappa shape index (κ3) is 3.85. The van der Waals surface area contributed by atoms with Crippen molar-refractivity contribution in [1.29, 1.82) is 0 Å². The van der Waals surface area contributed by atoms with E-state index in [2.05, 4.69) is 5.32 Å². The lowest BCUT2D eigenvalue weighted by molar-refractivity contribution is -0.119. The topological polar surface area (TPSA) is 86.8 Å². The van der Waals surface area contributed by atoms with Crippen LogP contribution in [-0.2, 0) is 21.4 Å². The number of urea groups is 1. The number of benzene rings is 3. The summed E-state index contributed by atoms with van der Waals surface area (Å²) in [5.74, 6) is -0.391. The quantitative estimate of drug-likeness (QED) is 0.643. The van der Waals surface area contributed by atoms with Gasteiger partial charge in [-0.1, -0.05) is 60.7 Å². The molecule has 0 bridgehead atoms. The van der Waals surface area contributed by atoms with Crippen molar-refractivity contribution in [3.63, 3.8) is 0 Å². The molecule has 1 N–H and O–H groups in total. The summed E-state index contributed by atoms with van der Waals surface area (Å²) in [6.07, 6.45) is 0. The first-order chi connectivity index (χ1) is 15.3. The second-order valence-electron chi connectivity index (χ2n) is 7.61. The maximum atomic E-state index is 13.5. The van der Waals surface area contributed by atoms with Gasteiger partial charge in [-0.2, -0.15) is 4.31 Å². The summed E-state index contributed by atoms with van der Waals surface area (Å²) in [4.78, 5) is 27.4. The second-order valence-corrected chi connectivity index (χ2v) is 9.36. The molecule has 0 fully saturated rings. The number of carbonyl (C=O) groups is 2. The van der Waals surface area contributed by atoms with Crippen molar-refractivity contribution in [2.45, 2.75) is 25.3 Å². The summed E-state index contributed by atoms with van der Waals surface area (Å²) < 4.78 is 27.7. The number of aryl methyl sites for hydroxylation is 2. The molecule has 1 aliphatic rings. The van der Waals surface area contributed by atoms with Gasteiger partial charge >= 0.3 is 6.03 Å². The number of nitrogens with one attached hydrogen (secondary N) is 1. The summed E-state index contributed by atoms with van der Waals surface area (Å²) >= 11 is 0. The molecule has 0 aromatic heterocycles. The number of sulfonamides is 1. The second kappa shape index (κ2) is 8.47. The zero-order valence-corrected chi connectivity index (χ0v) is 18.6. The van der Waals surface area contributed by atoms with E-state index in [0.717, 1.165) is 9.87 Å². The summed E-state index contributed by atoms with van der Waals surface area (Å²) in [6, 6.07) is 20.2. The fourth-order valence-electron chi connectivity index (χ4n) is 3.80. The Bertz CT molecular complexity index is 1270. The number of para-hydroxylation sites is 2. The van der Waals surface area contributed by atoms with Crippen LogP contribution in [0.15, 0.2) is 77.7 Å². The lowest BCUT2D eigenvalue weighted by Gasteiger charge is -2.37. The fraction of sp³-hybridized carbons (Fsp3) is 0.167. The molecule has 8 heteroatoms. The number of fused-ring (bicyclic) bond motifs is 1. The molecule has 0 unspecified atom stereocenters. The van der Waals surface area contributed by atoms with Crippen LogP contribution in [0.3, 0.4) is 0 Å². The summed E-state index contributed by atoms with van der Waals surface area (Å²) in [6.45, 7) is 3.51. The molecule has 32 heavy (non-hydrogen) atoms. The zero-order valence-electron chi connectivity index (χ0n) is 17.8. The first-order valence-electron chi connectivity index (χ1n) is 10.1. The van der Waals surface area contributed by atoms with E-state index in [-0.39, 0.29) is 17.1 Å². The number of hydrogen-bond acceptors (Lipinski definition) is 4. The first kappa shape index (κ1) is 21.6. The van der Waals surface area contributed by atoms with Gasteiger partial charge in [-0.15, -0.1) is 0 Å². The molecule has 3 amide bonds. The van der Waals surface area contributed by atoms with Crippen LogP contribution in [0.4, 0.5) is 16.2 Å². The molecular formula is C24H23N3O4S. The maximum Gasteiger partial charge on any atom is 0.343 e. The zero-order chi connectivity index (χ0) is 22.9. The van der Waals surface area contributed by atoms with Crippen molar-refractivity contribution in [1.82, 2.24) is 5.32 Å². The van der Waals surface area contributed by atoms with Crippen molar-refractivity contribution in [3.8, 4) is 0 Å². The van der Waals surface area contributed by atoms with E-state index in [4.69, 9.17) is 0 Å². The average molecular weight is 450 g/mol. The molecule has 0 aliphatic carbocycles. The van der Waals surface area contributed by atoms with E-state index < -0.39 is 22.0 Å². The van der Waals surface area contributed by atoms with Crippen LogP contribution in [0.25, 0.3) is 0 Å². The molecule has 0 saturated carbocycles. The van der Waals surface area contributed by atoms with Crippen molar-refractivity contribution < 1.29 is 18.0 Å². The Labute approximate surface area is 187 Å². The van der Waals surface area contributed by atoms with Crippen LogP contribution in [0, 0.1) is 13.8 Å². The third-order valence-electron chi connectivity index (χ3n) is 5.36. The standard InChI is InChI=1S/C24H23N3O4S/c1-17-9-8-10-18(2)23(17)27-24(29)26(20-13-6-7-14-21(20)32(27,30)31)16-22(28)25-15-19-11-4-3-5-12-19/h3-14H,15-16H2,1-2H3,(H,25,28). The van der Waals surface area contributed by atoms with Gasteiger partial charge in [-0.25, -0.2) is 13.2 Å². The van der Waals surface area contributed by atoms with Gasteiger partial charge in [0, 0.05) is 6.54 Å². The molecule has 3 aromatic carbocycles. The van der Waals surface area contributed by atoms with Crippen molar-refractivity contribution in [3.05, 3.63) is 89.5 Å². The minimum absolute atomic E-state index is 0.0156. The van der Waals surface area contributed by atoms with Crippen LogP contribution >= 0.6 is 0 Å². The van der Waals surface area contributed by atoms with Crippen LogP contribution < -0.4 is 14.5 Å². The van der Waals surface area contributed by atoms with Gasteiger partial charge < -0.3 is 5.32 Å². The Morgan fingerprint density at radius 1 is 0.875 bits per heavy atom. The van der Waals surface area contributed by atoms with E-state index in [1.807, 2.05) is 30.3 Å². The normalized spacial score (nSPS) is 14.8. The van der Waals surface area contributed by atoms with E-state index in [1.165, 1.54) is 17.0 Å². The number of amides is 3. The largest absolute Gasteiger partial charge is 0.350 e. The molecule has 3 aromatic rings. The molecule has 0 atom stereocenters. The average Bonchev–Trinajstić information content (AvgIpc) is 2.78. The van der Waals surface area contributed by atoms with E-state index >= 15 is 0 Å². The van der Waals surface area contributed by atoms with E-state index in [9.17, 15) is 18.0 Å². The third-order valence-corrected chi connectivity index (χ3v) is 7.08. The molecular weight excluding hydrogens is 426 g/mol. The highest BCUT2D eigenvalue weighted by molar-refractivity contribution is 7.94. The molecule has 1 aliphatic heterocycles. The molecule has 164 valence electrons. The summed E-state index contributed by atoms with van der Waals surface area (Å²) in [7, 11) is -4.14. The van der Waals surface area contributed by atoms with Gasteiger partial charge in [0.25, 0.3) is 10.0 Å². The van der Waals surface area contributed by atoms with Crippen molar-refractivity contribution >= 4 is 33.3 Å². The molecule has 0 spiro atoms. The van der Waals surface area contributed by atoms with Crippen LogP contribution in [0.2, 0.25) is 0 Å². The van der Waals surface area contributed by atoms with Gasteiger partial charge in [-0.05, 0) is 42.7 Å². The van der Waals surface area contributed by atoms with Gasteiger partial charge in [0.2, 0.25) is 5.91 Å². The summed E-state index contributed by atoms with van der Waals surface area (Å²) in [5.41, 5.74) is 2.71. The van der Waals surface area contributed by atoms with Gasteiger partial charge in [-0.3, -0.25) is 9.69 Å². The first-order valence-corrected chi connectivity index (χ1v) is 11.6. The van der Waals surface area contributed by atoms with Gasteiger partial charge in [0.05, 0.1) is 11.4 Å². The Morgan fingerprint density at radius 3 is 2.19 bits per heavy atom. The van der Waals surface area contributed by atoms with Gasteiger partial charge in [0.1, 0.15) is 11.4 Å². The Kier molecular flexibility index (Phi) is 5.71. The molecule has 0 saturated heterocycles. The number of anilines is 2. The monoisotopic (exact) mass is 449 g/mol. The highest BCUT2D eigenvalue weighted by atomic mass is 32.2. The highest BCUT2D eigenvalue weighted by Crippen LogP contribution is 2.39. The number of nitrogens with zero attached hydrogens (tertiary/aromatic N) is 2. The predicted molar refractivity (Wildman–Crippen MR) is 123 cm³/mol. The summed E-state index contributed by atoms with van der Waals surface area (Å²) in [5, 5.41) is 2.79. The van der Waals surface area contributed by atoms with Crippen LogP contribution in [0.1, 0.15) is 16.7 Å². The minimum atomic E-state index is -4.14. The van der Waals surface area contributed by atoms with Crippen molar-refractivity contribution in [2.75, 3.05) is 15.7 Å². The van der Waals surface area contributed by atoms with Crippen LogP contribution in [0.5, 0.6) is 0 Å².